The molecule has 0 saturated carbocycles. The van der Waals surface area contributed by atoms with Crippen LogP contribution >= 0.6 is 35.3 Å². The highest BCUT2D eigenvalue weighted by Gasteiger charge is 2.25. The molecule has 3 heterocycles. The first-order chi connectivity index (χ1) is 12.8. The van der Waals surface area contributed by atoms with Gasteiger partial charge in [0, 0.05) is 24.2 Å². The summed E-state index contributed by atoms with van der Waals surface area (Å²) in [4.78, 5) is 8.72. The zero-order valence-electron chi connectivity index (χ0n) is 16.1. The maximum Gasteiger partial charge on any atom is 0.191 e. The number of rotatable bonds is 7. The molecule has 1 fully saturated rings. The molecule has 1 aliphatic heterocycles. The van der Waals surface area contributed by atoms with Crippen molar-refractivity contribution in [3.63, 3.8) is 0 Å². The molecule has 3 N–H and O–H groups in total. The van der Waals surface area contributed by atoms with Crippen molar-refractivity contribution in [3.8, 4) is 0 Å². The Bertz CT molecular complexity index is 650. The van der Waals surface area contributed by atoms with Gasteiger partial charge in [-0.25, -0.2) is 4.99 Å². The number of likely N-dealkylation sites (tertiary alicyclic amines) is 1. The highest BCUT2D eigenvalue weighted by Crippen LogP contribution is 2.29. The number of halogens is 1. The van der Waals surface area contributed by atoms with E-state index in [2.05, 4.69) is 62.1 Å². The third kappa shape index (κ3) is 6.76. The molecule has 2 aromatic heterocycles. The van der Waals surface area contributed by atoms with Crippen LogP contribution in [0.5, 0.6) is 0 Å². The lowest BCUT2D eigenvalue weighted by Crippen LogP contribution is -2.45. The van der Waals surface area contributed by atoms with Gasteiger partial charge in [-0.3, -0.25) is 10.00 Å². The molecule has 0 bridgehead atoms. The highest BCUT2D eigenvalue weighted by atomic mass is 127. The third-order valence-corrected chi connectivity index (χ3v) is 5.88. The number of nitrogens with one attached hydrogen (secondary N) is 3. The van der Waals surface area contributed by atoms with Gasteiger partial charge in [0.2, 0.25) is 0 Å². The van der Waals surface area contributed by atoms with Crippen LogP contribution in [0.25, 0.3) is 0 Å². The van der Waals surface area contributed by atoms with Crippen LogP contribution in [0.4, 0.5) is 0 Å². The molecule has 3 rings (SSSR count). The summed E-state index contributed by atoms with van der Waals surface area (Å²) >= 11 is 1.85. The van der Waals surface area contributed by atoms with Crippen molar-refractivity contribution in [1.29, 1.82) is 0 Å². The second kappa shape index (κ2) is 11.7. The summed E-state index contributed by atoms with van der Waals surface area (Å²) in [5, 5.41) is 16.0. The van der Waals surface area contributed by atoms with Crippen LogP contribution in [0.15, 0.2) is 34.8 Å². The molecular weight excluding hydrogens is 471 g/mol. The van der Waals surface area contributed by atoms with Crippen LogP contribution in [0, 0.1) is 5.92 Å². The van der Waals surface area contributed by atoms with Gasteiger partial charge in [-0.1, -0.05) is 13.0 Å². The Labute approximate surface area is 183 Å². The fraction of sp³-hybridized carbons (Fsp3) is 0.579. The van der Waals surface area contributed by atoms with Gasteiger partial charge in [-0.05, 0) is 56.3 Å². The Morgan fingerprint density at radius 1 is 1.37 bits per heavy atom. The Kier molecular flexibility index (Phi) is 9.57. The molecule has 0 aromatic carbocycles. The van der Waals surface area contributed by atoms with Gasteiger partial charge in [0.05, 0.1) is 18.3 Å². The van der Waals surface area contributed by atoms with Crippen LogP contribution in [0.2, 0.25) is 0 Å². The molecule has 0 amide bonds. The van der Waals surface area contributed by atoms with E-state index in [1.54, 1.807) is 6.20 Å². The maximum absolute atomic E-state index is 4.67. The van der Waals surface area contributed by atoms with Crippen LogP contribution < -0.4 is 10.6 Å². The predicted molar refractivity (Wildman–Crippen MR) is 124 cm³/mol. The van der Waals surface area contributed by atoms with Gasteiger partial charge in [-0.2, -0.15) is 5.10 Å². The summed E-state index contributed by atoms with van der Waals surface area (Å²) in [7, 11) is 0. The average Bonchev–Trinajstić information content (AvgIpc) is 3.35. The normalized spacial score (nSPS) is 17.3. The van der Waals surface area contributed by atoms with Gasteiger partial charge in [0.25, 0.3) is 0 Å². The number of piperidine rings is 1. The maximum atomic E-state index is 4.67. The minimum Gasteiger partial charge on any atom is -0.357 e. The number of hydrogen-bond donors (Lipinski definition) is 3. The zero-order valence-corrected chi connectivity index (χ0v) is 19.3. The largest absolute Gasteiger partial charge is 0.357 e. The van der Waals surface area contributed by atoms with Crippen molar-refractivity contribution in [2.45, 2.75) is 39.3 Å². The second-order valence-corrected chi connectivity index (χ2v) is 7.89. The van der Waals surface area contributed by atoms with Crippen molar-refractivity contribution in [1.82, 2.24) is 25.7 Å². The summed E-state index contributed by atoms with van der Waals surface area (Å²) in [5.74, 6) is 1.70. The molecule has 1 aliphatic rings. The first-order valence-corrected chi connectivity index (χ1v) is 10.4. The lowest BCUT2D eigenvalue weighted by atomic mass is 9.97. The number of guanidine groups is 1. The number of hydrogen-bond acceptors (Lipinski definition) is 4. The van der Waals surface area contributed by atoms with Crippen molar-refractivity contribution in [2.24, 2.45) is 10.9 Å². The minimum absolute atomic E-state index is 0. The summed E-state index contributed by atoms with van der Waals surface area (Å²) in [6, 6.07) is 6.76. The van der Waals surface area contributed by atoms with E-state index in [1.165, 1.54) is 30.8 Å². The van der Waals surface area contributed by atoms with E-state index in [1.807, 2.05) is 17.4 Å². The third-order valence-electron chi connectivity index (χ3n) is 4.90. The Morgan fingerprint density at radius 3 is 2.81 bits per heavy atom. The first-order valence-electron chi connectivity index (χ1n) is 9.54. The molecule has 0 radical (unpaired) electrons. The molecule has 1 unspecified atom stereocenters. The molecular formula is C19H31IN6S. The minimum atomic E-state index is 0. The number of nitrogens with zero attached hydrogens (tertiary/aromatic N) is 3. The Hall–Kier alpha value is -1.13. The average molecular weight is 502 g/mol. The number of aromatic nitrogens is 2. The van der Waals surface area contributed by atoms with Crippen molar-refractivity contribution in [3.05, 3.63) is 40.3 Å². The molecule has 0 spiro atoms. The van der Waals surface area contributed by atoms with E-state index < -0.39 is 0 Å². The van der Waals surface area contributed by atoms with E-state index in [0.717, 1.165) is 30.7 Å². The van der Waals surface area contributed by atoms with Crippen LogP contribution in [-0.2, 0) is 6.54 Å². The summed E-state index contributed by atoms with van der Waals surface area (Å²) in [5.41, 5.74) is 1.02. The monoisotopic (exact) mass is 502 g/mol. The van der Waals surface area contributed by atoms with Crippen molar-refractivity contribution < 1.29 is 0 Å². The quantitative estimate of drug-likeness (QED) is 0.308. The van der Waals surface area contributed by atoms with Gasteiger partial charge in [0.15, 0.2) is 5.96 Å². The van der Waals surface area contributed by atoms with E-state index in [4.69, 9.17) is 0 Å². The molecule has 150 valence electrons. The summed E-state index contributed by atoms with van der Waals surface area (Å²) in [6.07, 6.45) is 4.33. The number of H-pyrrole nitrogens is 1. The number of aromatic amines is 1. The standard InChI is InChI=1S/C19H30N6S.HI/c1-3-20-19(21-13-16-6-9-23-24-16)22-14-17(18-5-4-12-26-18)25-10-7-15(2)8-11-25;/h4-6,9,12,15,17H,3,7-8,10-11,13-14H2,1-2H3,(H,23,24)(H2,20,21,22);1H. The number of thiophene rings is 1. The summed E-state index contributed by atoms with van der Waals surface area (Å²) < 4.78 is 0. The van der Waals surface area contributed by atoms with Crippen molar-refractivity contribution in [2.75, 3.05) is 26.2 Å². The Morgan fingerprint density at radius 2 is 2.19 bits per heavy atom. The van der Waals surface area contributed by atoms with Crippen molar-refractivity contribution >= 4 is 41.3 Å². The first kappa shape index (κ1) is 22.2. The smallest absolute Gasteiger partial charge is 0.191 e. The van der Waals surface area contributed by atoms with Gasteiger partial charge >= 0.3 is 0 Å². The van der Waals surface area contributed by atoms with E-state index in [9.17, 15) is 0 Å². The molecule has 8 heteroatoms. The van der Waals surface area contributed by atoms with E-state index in [0.29, 0.717) is 12.6 Å². The molecule has 1 saturated heterocycles. The zero-order chi connectivity index (χ0) is 18.2. The van der Waals surface area contributed by atoms with Crippen LogP contribution in [0.3, 0.4) is 0 Å². The van der Waals surface area contributed by atoms with E-state index >= 15 is 0 Å². The highest BCUT2D eigenvalue weighted by molar-refractivity contribution is 14.0. The lowest BCUT2D eigenvalue weighted by Gasteiger charge is -2.36. The van der Waals surface area contributed by atoms with Crippen LogP contribution in [-0.4, -0.2) is 47.2 Å². The van der Waals surface area contributed by atoms with Gasteiger partial charge in [0.1, 0.15) is 0 Å². The molecule has 1 atom stereocenters. The van der Waals surface area contributed by atoms with Gasteiger partial charge < -0.3 is 10.6 Å². The lowest BCUT2D eigenvalue weighted by molar-refractivity contribution is 0.140. The van der Waals surface area contributed by atoms with Gasteiger partial charge in [-0.15, -0.1) is 35.3 Å². The fourth-order valence-corrected chi connectivity index (χ4v) is 4.16. The topological polar surface area (TPSA) is 68.3 Å². The van der Waals surface area contributed by atoms with E-state index in [-0.39, 0.29) is 24.0 Å². The second-order valence-electron chi connectivity index (χ2n) is 6.91. The SMILES string of the molecule is CCNC(=NCc1ccn[nH]1)NCC(c1cccs1)N1CCC(C)CC1.I. The molecule has 27 heavy (non-hydrogen) atoms. The number of aliphatic imine (C=N–C) groups is 1. The molecule has 2 aromatic rings. The molecule has 6 nitrogen and oxygen atoms in total. The predicted octanol–water partition coefficient (Wildman–Crippen LogP) is 3.62. The fourth-order valence-electron chi connectivity index (χ4n) is 3.30. The summed E-state index contributed by atoms with van der Waals surface area (Å²) in [6.45, 7) is 9.11. The molecule has 0 aliphatic carbocycles. The van der Waals surface area contributed by atoms with Crippen LogP contribution in [0.1, 0.15) is 43.3 Å². The Balaban J connectivity index is 0.00000261.